The molecule has 2 nitrogen and oxygen atoms in total. The Kier molecular flexibility index (Phi) is 4.80. The fourth-order valence-corrected chi connectivity index (χ4v) is 1.10. The first-order valence-electron chi connectivity index (χ1n) is 5.05. The van der Waals surface area contributed by atoms with Gasteiger partial charge in [0.2, 0.25) is 0 Å². The van der Waals surface area contributed by atoms with Gasteiger partial charge < -0.3 is 4.57 Å². The second kappa shape index (κ2) is 6.40. The van der Waals surface area contributed by atoms with E-state index < -0.39 is 0 Å². The molecule has 0 atom stereocenters. The number of benzene rings is 1. The lowest BCUT2D eigenvalue weighted by Crippen LogP contribution is -1.73. The third kappa shape index (κ3) is 3.96. The summed E-state index contributed by atoms with van der Waals surface area (Å²) in [5.74, 6) is 0. The first-order valence-corrected chi connectivity index (χ1v) is 5.05. The van der Waals surface area contributed by atoms with Crippen molar-refractivity contribution in [2.45, 2.75) is 6.92 Å². The van der Waals surface area contributed by atoms with E-state index in [2.05, 4.69) is 30.3 Å². The maximum Gasteiger partial charge on any atom is 0.0986 e. The Hall–Kier alpha value is -2.09. The number of nitrogens with zero attached hydrogens (tertiary/aromatic N) is 2. The number of aromatic nitrogens is 2. The Morgan fingerprint density at radius 3 is 2.31 bits per heavy atom. The van der Waals surface area contributed by atoms with Crippen LogP contribution in [0.2, 0.25) is 0 Å². The highest BCUT2D eigenvalue weighted by atomic mass is 15.0. The van der Waals surface area contributed by atoms with Crippen LogP contribution in [0.25, 0.3) is 11.8 Å². The van der Waals surface area contributed by atoms with E-state index >= 15 is 0 Å². The van der Waals surface area contributed by atoms with Gasteiger partial charge in [0.25, 0.3) is 0 Å². The molecule has 0 aliphatic carbocycles. The SMILES string of the molecule is C=C(C)c1ccccc1.C=Cn1ccnc1. The van der Waals surface area contributed by atoms with Gasteiger partial charge in [-0.05, 0) is 12.5 Å². The van der Waals surface area contributed by atoms with Gasteiger partial charge >= 0.3 is 0 Å². The normalized spacial score (nSPS) is 8.81. The molecule has 0 N–H and O–H groups in total. The van der Waals surface area contributed by atoms with Crippen LogP contribution >= 0.6 is 0 Å². The van der Waals surface area contributed by atoms with Crippen molar-refractivity contribution in [1.29, 1.82) is 0 Å². The molecule has 0 saturated carbocycles. The molecule has 2 heteroatoms. The molecule has 2 aromatic rings. The molecule has 1 heterocycles. The van der Waals surface area contributed by atoms with Crippen LogP contribution in [0.3, 0.4) is 0 Å². The van der Waals surface area contributed by atoms with Crippen LogP contribution in [0.15, 0.2) is 62.2 Å². The molecule has 0 radical (unpaired) electrons. The van der Waals surface area contributed by atoms with Crippen LogP contribution in [0.1, 0.15) is 12.5 Å². The quantitative estimate of drug-likeness (QED) is 0.742. The van der Waals surface area contributed by atoms with Gasteiger partial charge in [0, 0.05) is 18.6 Å². The van der Waals surface area contributed by atoms with Crippen molar-refractivity contribution in [3.05, 3.63) is 67.8 Å². The molecular formula is C14H16N2. The lowest BCUT2D eigenvalue weighted by Gasteiger charge is -1.94. The zero-order valence-electron chi connectivity index (χ0n) is 9.50. The molecule has 0 aliphatic heterocycles. The van der Waals surface area contributed by atoms with Crippen LogP contribution in [0.4, 0.5) is 0 Å². The van der Waals surface area contributed by atoms with Crippen molar-refractivity contribution in [1.82, 2.24) is 9.55 Å². The second-order valence-corrected chi connectivity index (χ2v) is 3.34. The molecule has 0 spiro atoms. The summed E-state index contributed by atoms with van der Waals surface area (Å²) in [5, 5.41) is 0. The second-order valence-electron chi connectivity index (χ2n) is 3.34. The summed E-state index contributed by atoms with van der Waals surface area (Å²) < 4.78 is 1.78. The minimum Gasteiger partial charge on any atom is -0.314 e. The molecule has 0 fully saturated rings. The molecule has 0 amide bonds. The lowest BCUT2D eigenvalue weighted by molar-refractivity contribution is 1.14. The predicted molar refractivity (Wildman–Crippen MR) is 69.8 cm³/mol. The van der Waals surface area contributed by atoms with Crippen molar-refractivity contribution < 1.29 is 0 Å². The summed E-state index contributed by atoms with van der Waals surface area (Å²) in [6.45, 7) is 9.36. The van der Waals surface area contributed by atoms with Crippen LogP contribution in [-0.2, 0) is 0 Å². The van der Waals surface area contributed by atoms with Gasteiger partial charge in [-0.1, -0.05) is 49.1 Å². The molecule has 2 rings (SSSR count). The molecule has 0 unspecified atom stereocenters. The highest BCUT2D eigenvalue weighted by Gasteiger charge is 1.86. The predicted octanol–water partition coefficient (Wildman–Crippen LogP) is 3.70. The molecule has 16 heavy (non-hydrogen) atoms. The highest BCUT2D eigenvalue weighted by Crippen LogP contribution is 2.08. The van der Waals surface area contributed by atoms with E-state index in [-0.39, 0.29) is 0 Å². The Morgan fingerprint density at radius 2 is 2.00 bits per heavy atom. The third-order valence-electron chi connectivity index (χ3n) is 2.00. The smallest absolute Gasteiger partial charge is 0.0986 e. The van der Waals surface area contributed by atoms with E-state index in [0.717, 1.165) is 5.57 Å². The summed E-state index contributed by atoms with van der Waals surface area (Å²) >= 11 is 0. The Balaban J connectivity index is 0.000000165. The maximum atomic E-state index is 3.83. The van der Waals surface area contributed by atoms with Crippen molar-refractivity contribution in [3.8, 4) is 0 Å². The largest absolute Gasteiger partial charge is 0.314 e. The minimum atomic E-state index is 1.12. The zero-order chi connectivity index (χ0) is 11.8. The van der Waals surface area contributed by atoms with Gasteiger partial charge in [-0.15, -0.1) is 0 Å². The van der Waals surface area contributed by atoms with Gasteiger partial charge in [-0.25, -0.2) is 4.98 Å². The standard InChI is InChI=1S/C9H10.C5H6N2/c1-8(2)9-6-4-3-5-7-9;1-2-7-4-3-6-5-7/h3-7H,1H2,2H3;2-5H,1H2. The van der Waals surface area contributed by atoms with E-state index in [0.29, 0.717) is 0 Å². The minimum absolute atomic E-state index is 1.12. The van der Waals surface area contributed by atoms with Gasteiger partial charge in [-0.2, -0.15) is 0 Å². The average Bonchev–Trinajstić information content (AvgIpc) is 2.84. The average molecular weight is 212 g/mol. The summed E-state index contributed by atoms with van der Waals surface area (Å²) in [4.78, 5) is 3.78. The number of hydrogen-bond donors (Lipinski definition) is 0. The highest BCUT2D eigenvalue weighted by molar-refractivity contribution is 5.60. The van der Waals surface area contributed by atoms with E-state index in [4.69, 9.17) is 0 Å². The number of rotatable bonds is 2. The van der Waals surface area contributed by atoms with Gasteiger partial charge in [0.1, 0.15) is 0 Å². The summed E-state index contributed by atoms with van der Waals surface area (Å²) in [6.07, 6.45) is 6.91. The van der Waals surface area contributed by atoms with Crippen molar-refractivity contribution in [3.63, 3.8) is 0 Å². The molecule has 0 saturated heterocycles. The molecular weight excluding hydrogens is 196 g/mol. The van der Waals surface area contributed by atoms with Crippen LogP contribution in [0.5, 0.6) is 0 Å². The van der Waals surface area contributed by atoms with Gasteiger partial charge in [0.05, 0.1) is 6.33 Å². The van der Waals surface area contributed by atoms with Crippen molar-refractivity contribution >= 4 is 11.8 Å². The van der Waals surface area contributed by atoms with Crippen molar-refractivity contribution in [2.24, 2.45) is 0 Å². The van der Waals surface area contributed by atoms with E-state index in [9.17, 15) is 0 Å². The zero-order valence-corrected chi connectivity index (χ0v) is 9.50. The van der Waals surface area contributed by atoms with Gasteiger partial charge in [0.15, 0.2) is 0 Å². The fourth-order valence-electron chi connectivity index (χ4n) is 1.10. The summed E-state index contributed by atoms with van der Waals surface area (Å²) in [6, 6.07) is 10.2. The molecule has 0 aliphatic rings. The summed E-state index contributed by atoms with van der Waals surface area (Å²) in [7, 11) is 0. The third-order valence-corrected chi connectivity index (χ3v) is 2.00. The Labute approximate surface area is 96.6 Å². The molecule has 1 aromatic heterocycles. The Bertz CT molecular complexity index is 427. The topological polar surface area (TPSA) is 17.8 Å². The number of imidazole rings is 1. The van der Waals surface area contributed by atoms with Crippen LogP contribution < -0.4 is 0 Å². The van der Waals surface area contributed by atoms with E-state index in [1.807, 2.05) is 31.3 Å². The summed E-state index contributed by atoms with van der Waals surface area (Å²) in [5.41, 5.74) is 2.34. The first-order chi connectivity index (χ1) is 7.74. The maximum absolute atomic E-state index is 3.83. The molecule has 1 aromatic carbocycles. The van der Waals surface area contributed by atoms with E-state index in [1.165, 1.54) is 5.56 Å². The number of allylic oxidation sites excluding steroid dienone is 1. The van der Waals surface area contributed by atoms with Crippen LogP contribution in [0, 0.1) is 0 Å². The molecule has 82 valence electrons. The van der Waals surface area contributed by atoms with Crippen molar-refractivity contribution in [2.75, 3.05) is 0 Å². The van der Waals surface area contributed by atoms with E-state index in [1.54, 1.807) is 23.3 Å². The number of hydrogen-bond acceptors (Lipinski definition) is 1. The Morgan fingerprint density at radius 1 is 1.31 bits per heavy atom. The first kappa shape index (κ1) is 12.0. The molecule has 0 bridgehead atoms. The van der Waals surface area contributed by atoms with Gasteiger partial charge in [-0.3, -0.25) is 0 Å². The monoisotopic (exact) mass is 212 g/mol. The lowest BCUT2D eigenvalue weighted by atomic mass is 10.1. The van der Waals surface area contributed by atoms with Crippen LogP contribution in [-0.4, -0.2) is 9.55 Å². The fraction of sp³-hybridized carbons (Fsp3) is 0.0714.